The standard InChI is InChI=1S/C18H30F3N3O2.ClH/c1-2-8-24(12-18(19,20)21)16(25)14-6-4-9-23(11-14)17(26)15-7-3-5-13(15)10-22;/h13-15H,2-12,22H2,1H3;1H/t13-,14?,15-;/m1./s1. The van der Waals surface area contributed by atoms with Gasteiger partial charge in [0.05, 0.1) is 5.92 Å². The van der Waals surface area contributed by atoms with Crippen LogP contribution in [0.4, 0.5) is 13.2 Å². The van der Waals surface area contributed by atoms with Crippen molar-refractivity contribution in [2.24, 2.45) is 23.5 Å². The summed E-state index contributed by atoms with van der Waals surface area (Å²) in [5.41, 5.74) is 5.76. The van der Waals surface area contributed by atoms with Crippen LogP contribution >= 0.6 is 12.4 Å². The van der Waals surface area contributed by atoms with Crippen molar-refractivity contribution < 1.29 is 22.8 Å². The van der Waals surface area contributed by atoms with Crippen LogP contribution in [0.5, 0.6) is 0 Å². The van der Waals surface area contributed by atoms with Crippen molar-refractivity contribution in [3.63, 3.8) is 0 Å². The SMILES string of the molecule is CCCN(CC(F)(F)F)C(=O)C1CCCN(C(=O)[C@@H]2CCC[C@@H]2CN)C1.Cl. The minimum atomic E-state index is -4.41. The summed E-state index contributed by atoms with van der Waals surface area (Å²) in [6.07, 6.45) is -0.0282. The molecule has 0 aromatic carbocycles. The summed E-state index contributed by atoms with van der Waals surface area (Å²) in [6, 6.07) is 0. The number of hydrogen-bond donors (Lipinski definition) is 1. The van der Waals surface area contributed by atoms with Crippen LogP contribution in [0, 0.1) is 17.8 Å². The van der Waals surface area contributed by atoms with Gasteiger partial charge >= 0.3 is 6.18 Å². The highest BCUT2D eigenvalue weighted by Gasteiger charge is 2.39. The summed E-state index contributed by atoms with van der Waals surface area (Å²) >= 11 is 0. The number of alkyl halides is 3. The Kier molecular flexibility index (Phi) is 9.34. The minimum absolute atomic E-state index is 0. The highest BCUT2D eigenvalue weighted by Crippen LogP contribution is 2.33. The van der Waals surface area contributed by atoms with Gasteiger partial charge in [0.25, 0.3) is 0 Å². The van der Waals surface area contributed by atoms with Gasteiger partial charge in [-0.2, -0.15) is 13.2 Å². The van der Waals surface area contributed by atoms with Gasteiger partial charge in [-0.05, 0) is 44.6 Å². The fraction of sp³-hybridized carbons (Fsp3) is 0.889. The first-order valence-corrected chi connectivity index (χ1v) is 9.61. The van der Waals surface area contributed by atoms with Crippen LogP contribution in [0.25, 0.3) is 0 Å². The fourth-order valence-corrected chi connectivity index (χ4v) is 4.27. The smallest absolute Gasteiger partial charge is 0.342 e. The number of likely N-dealkylation sites (tertiary alicyclic amines) is 1. The second-order valence-corrected chi connectivity index (χ2v) is 7.53. The topological polar surface area (TPSA) is 66.6 Å². The third-order valence-corrected chi connectivity index (χ3v) is 5.54. The van der Waals surface area contributed by atoms with Crippen molar-refractivity contribution >= 4 is 24.2 Å². The molecule has 1 aliphatic heterocycles. The molecule has 0 radical (unpaired) electrons. The molecule has 0 spiro atoms. The molecule has 158 valence electrons. The van der Waals surface area contributed by atoms with E-state index < -0.39 is 24.5 Å². The van der Waals surface area contributed by atoms with Gasteiger partial charge in [0.15, 0.2) is 0 Å². The maximum atomic E-state index is 12.8. The molecule has 2 amide bonds. The lowest BCUT2D eigenvalue weighted by Crippen LogP contribution is -2.50. The molecule has 9 heteroatoms. The zero-order valence-electron chi connectivity index (χ0n) is 15.8. The summed E-state index contributed by atoms with van der Waals surface area (Å²) < 4.78 is 38.3. The Morgan fingerprint density at radius 1 is 1.19 bits per heavy atom. The highest BCUT2D eigenvalue weighted by atomic mass is 35.5. The van der Waals surface area contributed by atoms with Gasteiger partial charge in [0.2, 0.25) is 11.8 Å². The molecule has 2 aliphatic rings. The number of halogens is 4. The molecular formula is C18H31ClF3N3O2. The lowest BCUT2D eigenvalue weighted by molar-refractivity contribution is -0.165. The van der Waals surface area contributed by atoms with E-state index in [1.165, 1.54) is 0 Å². The Hall–Kier alpha value is -1.02. The van der Waals surface area contributed by atoms with Crippen molar-refractivity contribution in [2.45, 2.75) is 51.6 Å². The number of amides is 2. The summed E-state index contributed by atoms with van der Waals surface area (Å²) in [5, 5.41) is 0. The predicted octanol–water partition coefficient (Wildman–Crippen LogP) is 2.82. The van der Waals surface area contributed by atoms with Crippen LogP contribution in [0.15, 0.2) is 0 Å². The van der Waals surface area contributed by atoms with E-state index in [0.717, 1.165) is 24.2 Å². The summed E-state index contributed by atoms with van der Waals surface area (Å²) in [5.74, 6) is -0.924. The molecule has 1 aliphatic carbocycles. The zero-order chi connectivity index (χ0) is 19.3. The molecule has 27 heavy (non-hydrogen) atoms. The van der Waals surface area contributed by atoms with Gasteiger partial charge in [-0.3, -0.25) is 9.59 Å². The van der Waals surface area contributed by atoms with Crippen LogP contribution in [0.1, 0.15) is 45.4 Å². The Labute approximate surface area is 165 Å². The van der Waals surface area contributed by atoms with E-state index >= 15 is 0 Å². The molecule has 1 heterocycles. The first kappa shape index (κ1) is 24.0. The van der Waals surface area contributed by atoms with E-state index in [1.54, 1.807) is 11.8 Å². The van der Waals surface area contributed by atoms with E-state index in [9.17, 15) is 22.8 Å². The van der Waals surface area contributed by atoms with Crippen LogP contribution in [-0.4, -0.2) is 60.5 Å². The summed E-state index contributed by atoms with van der Waals surface area (Å²) in [6.45, 7) is 1.89. The average molecular weight is 414 g/mol. The largest absolute Gasteiger partial charge is 0.406 e. The van der Waals surface area contributed by atoms with Crippen molar-refractivity contribution in [3.05, 3.63) is 0 Å². The molecule has 2 rings (SSSR count). The molecule has 2 fully saturated rings. The average Bonchev–Trinajstić information content (AvgIpc) is 3.07. The van der Waals surface area contributed by atoms with Gasteiger partial charge in [-0.1, -0.05) is 13.3 Å². The number of nitrogens with zero attached hydrogens (tertiary/aromatic N) is 2. The minimum Gasteiger partial charge on any atom is -0.342 e. The van der Waals surface area contributed by atoms with E-state index in [-0.39, 0.29) is 43.2 Å². The molecule has 5 nitrogen and oxygen atoms in total. The molecule has 1 saturated carbocycles. The van der Waals surface area contributed by atoms with Gasteiger partial charge in [0, 0.05) is 25.6 Å². The summed E-state index contributed by atoms with van der Waals surface area (Å²) in [7, 11) is 0. The first-order chi connectivity index (χ1) is 12.3. The zero-order valence-corrected chi connectivity index (χ0v) is 16.7. The van der Waals surface area contributed by atoms with Crippen LogP contribution < -0.4 is 5.73 Å². The second-order valence-electron chi connectivity index (χ2n) is 7.53. The first-order valence-electron chi connectivity index (χ1n) is 9.61. The van der Waals surface area contributed by atoms with Crippen LogP contribution in [-0.2, 0) is 9.59 Å². The second kappa shape index (κ2) is 10.5. The van der Waals surface area contributed by atoms with E-state index in [2.05, 4.69) is 0 Å². The fourth-order valence-electron chi connectivity index (χ4n) is 4.27. The molecule has 0 aromatic rings. The Morgan fingerprint density at radius 2 is 1.89 bits per heavy atom. The molecule has 1 saturated heterocycles. The van der Waals surface area contributed by atoms with E-state index in [1.807, 2.05) is 0 Å². The molecule has 1 unspecified atom stereocenters. The lowest BCUT2D eigenvalue weighted by Gasteiger charge is -2.37. The number of carbonyl (C=O) groups is 2. The van der Waals surface area contributed by atoms with E-state index in [0.29, 0.717) is 32.4 Å². The third-order valence-electron chi connectivity index (χ3n) is 5.54. The predicted molar refractivity (Wildman–Crippen MR) is 99.4 cm³/mol. The highest BCUT2D eigenvalue weighted by molar-refractivity contribution is 5.85. The molecule has 2 N–H and O–H groups in total. The quantitative estimate of drug-likeness (QED) is 0.728. The third kappa shape index (κ3) is 6.52. The Morgan fingerprint density at radius 3 is 2.48 bits per heavy atom. The van der Waals surface area contributed by atoms with Gasteiger partial charge in [0.1, 0.15) is 6.54 Å². The van der Waals surface area contributed by atoms with Crippen LogP contribution in [0.3, 0.4) is 0 Å². The van der Waals surface area contributed by atoms with Crippen molar-refractivity contribution in [3.8, 4) is 0 Å². The van der Waals surface area contributed by atoms with Crippen LogP contribution in [0.2, 0.25) is 0 Å². The molecule has 0 bridgehead atoms. The number of rotatable bonds is 6. The number of hydrogen-bond acceptors (Lipinski definition) is 3. The van der Waals surface area contributed by atoms with Crippen molar-refractivity contribution in [2.75, 3.05) is 32.7 Å². The van der Waals surface area contributed by atoms with Gasteiger partial charge in [-0.25, -0.2) is 0 Å². The Bertz CT molecular complexity index is 505. The van der Waals surface area contributed by atoms with Gasteiger partial charge in [-0.15, -0.1) is 12.4 Å². The normalized spacial score (nSPS) is 25.8. The number of carbonyl (C=O) groups excluding carboxylic acids is 2. The summed E-state index contributed by atoms with van der Waals surface area (Å²) in [4.78, 5) is 28.1. The number of piperidine rings is 1. The lowest BCUT2D eigenvalue weighted by atomic mass is 9.91. The maximum absolute atomic E-state index is 12.8. The van der Waals surface area contributed by atoms with E-state index in [4.69, 9.17) is 5.73 Å². The molecular weight excluding hydrogens is 383 g/mol. The maximum Gasteiger partial charge on any atom is 0.406 e. The monoisotopic (exact) mass is 413 g/mol. The Balaban J connectivity index is 0.00000364. The number of nitrogens with two attached hydrogens (primary N) is 1. The molecule has 3 atom stereocenters. The molecule has 0 aromatic heterocycles. The van der Waals surface area contributed by atoms with Crippen molar-refractivity contribution in [1.29, 1.82) is 0 Å². The van der Waals surface area contributed by atoms with Gasteiger partial charge < -0.3 is 15.5 Å². The van der Waals surface area contributed by atoms with Crippen molar-refractivity contribution in [1.82, 2.24) is 9.80 Å².